The number of fused-ring (bicyclic) bond motifs is 1. The molecule has 1 amide bonds. The van der Waals surface area contributed by atoms with E-state index in [4.69, 9.17) is 0 Å². The molecule has 4 rings (SSSR count). The van der Waals surface area contributed by atoms with Crippen molar-refractivity contribution in [2.45, 2.75) is 38.8 Å². The zero-order valence-corrected chi connectivity index (χ0v) is 17.0. The van der Waals surface area contributed by atoms with Gasteiger partial charge in [-0.15, -0.1) is 11.3 Å². The largest absolute Gasteiger partial charge is 0.351 e. The number of amides is 1. The molecular formula is C21H26N4OS. The molecular weight excluding hydrogens is 356 g/mol. The first kappa shape index (κ1) is 18.2. The Balaban J connectivity index is 1.42. The van der Waals surface area contributed by atoms with Gasteiger partial charge in [0, 0.05) is 72.9 Å². The molecule has 1 aliphatic heterocycles. The van der Waals surface area contributed by atoms with Crippen LogP contribution in [0.2, 0.25) is 0 Å². The molecule has 3 heterocycles. The van der Waals surface area contributed by atoms with Crippen LogP contribution in [0.25, 0.3) is 21.5 Å². The number of carbonyl (C=O) groups excluding carboxylic acids is 1. The average Bonchev–Trinajstić information content (AvgIpc) is 3.23. The quantitative estimate of drug-likeness (QED) is 0.747. The summed E-state index contributed by atoms with van der Waals surface area (Å²) in [6.45, 7) is 6.68. The summed E-state index contributed by atoms with van der Waals surface area (Å²) in [5.41, 5.74) is 2.36. The van der Waals surface area contributed by atoms with E-state index in [2.05, 4.69) is 64.2 Å². The molecule has 6 heteroatoms. The Labute approximate surface area is 164 Å². The lowest BCUT2D eigenvalue weighted by Gasteiger charge is -2.39. The number of likely N-dealkylation sites (tertiary alicyclic amines) is 1. The first-order valence-corrected chi connectivity index (χ1v) is 10.2. The number of aryl methyl sites for hydroxylation is 1. The number of nitrogens with one attached hydrogen (secondary N) is 1. The van der Waals surface area contributed by atoms with Crippen molar-refractivity contribution >= 4 is 28.1 Å². The maximum absolute atomic E-state index is 11.4. The van der Waals surface area contributed by atoms with E-state index in [0.717, 1.165) is 37.5 Å². The number of thiazole rings is 1. The highest BCUT2D eigenvalue weighted by Gasteiger charge is 2.30. The maximum Gasteiger partial charge on any atom is 0.217 e. The van der Waals surface area contributed by atoms with Crippen LogP contribution < -0.4 is 5.32 Å². The molecule has 1 fully saturated rings. The Hall–Kier alpha value is -2.18. The lowest BCUT2D eigenvalue weighted by molar-refractivity contribution is -0.121. The first-order chi connectivity index (χ1) is 12.9. The second-order valence-electron chi connectivity index (χ2n) is 7.85. The number of rotatable bonds is 4. The average molecular weight is 383 g/mol. The topological polar surface area (TPSA) is 50.2 Å². The standard InChI is InChI=1S/C21H26N4OS/c1-15(26)23-21(2)7-10-25(11-8-21)14-18-13-22-20(27-18)17-4-5-19-16(12-17)6-9-24(19)3/h4-6,9,12-13H,7-8,10-11,14H2,1-3H3,(H,23,26). The molecule has 0 bridgehead atoms. The predicted octanol–water partition coefficient (Wildman–Crippen LogP) is 3.79. The highest BCUT2D eigenvalue weighted by Crippen LogP contribution is 2.30. The molecule has 5 nitrogen and oxygen atoms in total. The number of carbonyl (C=O) groups is 1. The summed E-state index contributed by atoms with van der Waals surface area (Å²) in [6.07, 6.45) is 6.08. The smallest absolute Gasteiger partial charge is 0.217 e. The van der Waals surface area contributed by atoms with Gasteiger partial charge in [0.25, 0.3) is 0 Å². The molecule has 1 N–H and O–H groups in total. The van der Waals surface area contributed by atoms with Crippen LogP contribution >= 0.6 is 11.3 Å². The lowest BCUT2D eigenvalue weighted by Crippen LogP contribution is -2.52. The van der Waals surface area contributed by atoms with Crippen molar-refractivity contribution in [2.75, 3.05) is 13.1 Å². The summed E-state index contributed by atoms with van der Waals surface area (Å²) in [6, 6.07) is 8.69. The third-order valence-corrected chi connectivity index (χ3v) is 6.53. The molecule has 142 valence electrons. The van der Waals surface area contributed by atoms with Crippen LogP contribution in [0, 0.1) is 0 Å². The van der Waals surface area contributed by atoms with Crippen molar-refractivity contribution < 1.29 is 4.79 Å². The Bertz CT molecular complexity index is 966. The molecule has 1 aliphatic rings. The normalized spacial score (nSPS) is 17.3. The molecule has 0 atom stereocenters. The highest BCUT2D eigenvalue weighted by molar-refractivity contribution is 7.15. The Kier molecular flexibility index (Phi) is 4.78. The number of hydrogen-bond donors (Lipinski definition) is 1. The number of piperidine rings is 1. The van der Waals surface area contributed by atoms with Crippen molar-refractivity contribution in [1.29, 1.82) is 0 Å². The zero-order valence-electron chi connectivity index (χ0n) is 16.2. The van der Waals surface area contributed by atoms with Crippen LogP contribution in [0.3, 0.4) is 0 Å². The Morgan fingerprint density at radius 2 is 2.07 bits per heavy atom. The number of benzene rings is 1. The fourth-order valence-electron chi connectivity index (χ4n) is 3.90. The van der Waals surface area contributed by atoms with Gasteiger partial charge < -0.3 is 9.88 Å². The summed E-state index contributed by atoms with van der Waals surface area (Å²) in [4.78, 5) is 19.8. The van der Waals surface area contributed by atoms with Crippen LogP contribution in [0.5, 0.6) is 0 Å². The molecule has 27 heavy (non-hydrogen) atoms. The van der Waals surface area contributed by atoms with E-state index >= 15 is 0 Å². The second-order valence-corrected chi connectivity index (χ2v) is 8.97. The maximum atomic E-state index is 11.4. The second kappa shape index (κ2) is 7.09. The van der Waals surface area contributed by atoms with Crippen LogP contribution in [0.1, 0.15) is 31.6 Å². The summed E-state index contributed by atoms with van der Waals surface area (Å²) >= 11 is 1.78. The fourth-order valence-corrected chi connectivity index (χ4v) is 4.85. The summed E-state index contributed by atoms with van der Waals surface area (Å²) in [5.74, 6) is 0.0634. The van der Waals surface area contributed by atoms with Crippen LogP contribution in [-0.2, 0) is 18.4 Å². The zero-order chi connectivity index (χ0) is 19.0. The van der Waals surface area contributed by atoms with Gasteiger partial charge in [-0.3, -0.25) is 9.69 Å². The van der Waals surface area contributed by atoms with Crippen molar-refractivity contribution in [3.05, 3.63) is 41.5 Å². The molecule has 0 radical (unpaired) electrons. The van der Waals surface area contributed by atoms with Gasteiger partial charge in [0.2, 0.25) is 5.91 Å². The van der Waals surface area contributed by atoms with Gasteiger partial charge in [-0.2, -0.15) is 0 Å². The van der Waals surface area contributed by atoms with Gasteiger partial charge in [-0.1, -0.05) is 0 Å². The van der Waals surface area contributed by atoms with E-state index in [-0.39, 0.29) is 11.4 Å². The van der Waals surface area contributed by atoms with E-state index in [1.54, 1.807) is 18.3 Å². The molecule has 3 aromatic rings. The monoisotopic (exact) mass is 382 g/mol. The summed E-state index contributed by atoms with van der Waals surface area (Å²) < 4.78 is 2.14. The molecule has 1 saturated heterocycles. The Morgan fingerprint density at radius 1 is 1.30 bits per heavy atom. The van der Waals surface area contributed by atoms with Crippen molar-refractivity contribution in [3.8, 4) is 10.6 Å². The van der Waals surface area contributed by atoms with Crippen molar-refractivity contribution in [2.24, 2.45) is 7.05 Å². The number of aromatic nitrogens is 2. The highest BCUT2D eigenvalue weighted by atomic mass is 32.1. The predicted molar refractivity (Wildman–Crippen MR) is 111 cm³/mol. The molecule has 0 saturated carbocycles. The van der Waals surface area contributed by atoms with E-state index in [1.165, 1.54) is 21.3 Å². The van der Waals surface area contributed by atoms with E-state index in [0.29, 0.717) is 0 Å². The molecule has 2 aromatic heterocycles. The van der Waals surface area contributed by atoms with Gasteiger partial charge in [0.05, 0.1) is 0 Å². The Morgan fingerprint density at radius 3 is 2.81 bits per heavy atom. The van der Waals surface area contributed by atoms with Crippen LogP contribution in [-0.4, -0.2) is 39.0 Å². The summed E-state index contributed by atoms with van der Waals surface area (Å²) in [7, 11) is 2.07. The van der Waals surface area contributed by atoms with Gasteiger partial charge in [-0.05, 0) is 44.0 Å². The minimum absolute atomic E-state index is 0.0632. The summed E-state index contributed by atoms with van der Waals surface area (Å²) in [5, 5.41) is 5.44. The molecule has 1 aromatic carbocycles. The molecule has 0 spiro atoms. The third-order valence-electron chi connectivity index (χ3n) is 5.50. The minimum Gasteiger partial charge on any atom is -0.351 e. The minimum atomic E-state index is -0.0632. The SMILES string of the molecule is CC(=O)NC1(C)CCN(Cc2cnc(-c3ccc4c(ccn4C)c3)s2)CC1. The van der Waals surface area contributed by atoms with Crippen molar-refractivity contribution in [3.63, 3.8) is 0 Å². The van der Waals surface area contributed by atoms with Crippen LogP contribution in [0.15, 0.2) is 36.7 Å². The third kappa shape index (κ3) is 3.92. The number of hydrogen-bond acceptors (Lipinski definition) is 4. The van der Waals surface area contributed by atoms with E-state index in [9.17, 15) is 4.79 Å². The van der Waals surface area contributed by atoms with Gasteiger partial charge in [0.1, 0.15) is 5.01 Å². The lowest BCUT2D eigenvalue weighted by atomic mass is 9.89. The fraction of sp³-hybridized carbons (Fsp3) is 0.429. The van der Waals surface area contributed by atoms with Crippen molar-refractivity contribution in [1.82, 2.24) is 19.8 Å². The van der Waals surface area contributed by atoms with E-state index in [1.807, 2.05) is 6.20 Å². The molecule has 0 unspecified atom stereocenters. The van der Waals surface area contributed by atoms with Gasteiger partial charge >= 0.3 is 0 Å². The van der Waals surface area contributed by atoms with Gasteiger partial charge in [0.15, 0.2) is 0 Å². The first-order valence-electron chi connectivity index (χ1n) is 9.43. The van der Waals surface area contributed by atoms with Gasteiger partial charge in [-0.25, -0.2) is 4.98 Å². The van der Waals surface area contributed by atoms with E-state index < -0.39 is 0 Å². The van der Waals surface area contributed by atoms with Crippen LogP contribution in [0.4, 0.5) is 0 Å². The number of nitrogens with zero attached hydrogens (tertiary/aromatic N) is 3. The molecule has 0 aliphatic carbocycles.